The SMILES string of the molecule is Br.O=[N+]([O-])C1NCc2ccccc21. The van der Waals surface area contributed by atoms with Gasteiger partial charge in [-0.25, -0.2) is 5.32 Å². The molecular formula is C8H9BrN2O2. The van der Waals surface area contributed by atoms with Crippen LogP contribution in [-0.2, 0) is 6.54 Å². The summed E-state index contributed by atoms with van der Waals surface area (Å²) in [6.07, 6.45) is -0.707. The summed E-state index contributed by atoms with van der Waals surface area (Å²) in [7, 11) is 0. The maximum atomic E-state index is 10.5. The molecule has 4 nitrogen and oxygen atoms in total. The maximum absolute atomic E-state index is 10.5. The summed E-state index contributed by atoms with van der Waals surface area (Å²) in [5.74, 6) is 0. The minimum Gasteiger partial charge on any atom is -0.262 e. The first-order valence-electron chi connectivity index (χ1n) is 3.74. The second kappa shape index (κ2) is 3.85. The van der Waals surface area contributed by atoms with Gasteiger partial charge in [0, 0.05) is 17.0 Å². The highest BCUT2D eigenvalue weighted by Gasteiger charge is 2.29. The fourth-order valence-electron chi connectivity index (χ4n) is 1.47. The van der Waals surface area contributed by atoms with E-state index in [1.54, 1.807) is 6.07 Å². The second-order valence-electron chi connectivity index (χ2n) is 2.77. The minimum atomic E-state index is -0.707. The molecule has 0 aliphatic carbocycles. The second-order valence-corrected chi connectivity index (χ2v) is 2.77. The van der Waals surface area contributed by atoms with E-state index >= 15 is 0 Å². The van der Waals surface area contributed by atoms with Gasteiger partial charge in [-0.2, -0.15) is 0 Å². The quantitative estimate of drug-likeness (QED) is 0.604. The molecule has 0 amide bonds. The number of benzene rings is 1. The summed E-state index contributed by atoms with van der Waals surface area (Å²) in [4.78, 5) is 10.2. The molecule has 0 saturated carbocycles. The molecule has 0 fully saturated rings. The van der Waals surface area contributed by atoms with Crippen molar-refractivity contribution < 1.29 is 4.92 Å². The molecule has 0 saturated heterocycles. The Morgan fingerprint density at radius 2 is 2.15 bits per heavy atom. The van der Waals surface area contributed by atoms with Crippen molar-refractivity contribution in [2.24, 2.45) is 0 Å². The molecule has 1 aromatic rings. The van der Waals surface area contributed by atoms with Gasteiger partial charge in [-0.05, 0) is 5.56 Å². The Bertz CT molecular complexity index is 330. The van der Waals surface area contributed by atoms with Crippen LogP contribution in [0.25, 0.3) is 0 Å². The lowest BCUT2D eigenvalue weighted by Gasteiger charge is -2.01. The van der Waals surface area contributed by atoms with E-state index in [-0.39, 0.29) is 21.9 Å². The van der Waals surface area contributed by atoms with Gasteiger partial charge in [0.2, 0.25) is 0 Å². The van der Waals surface area contributed by atoms with Crippen molar-refractivity contribution in [2.75, 3.05) is 0 Å². The molecule has 2 rings (SSSR count). The Kier molecular flexibility index (Phi) is 3.00. The summed E-state index contributed by atoms with van der Waals surface area (Å²) in [6.45, 7) is 0.599. The molecule has 5 heteroatoms. The van der Waals surface area contributed by atoms with E-state index in [0.717, 1.165) is 11.1 Å². The average Bonchev–Trinajstić information content (AvgIpc) is 2.47. The Labute approximate surface area is 85.9 Å². The first-order chi connectivity index (χ1) is 5.79. The molecule has 1 unspecified atom stereocenters. The van der Waals surface area contributed by atoms with E-state index in [1.165, 1.54) is 0 Å². The largest absolute Gasteiger partial charge is 0.292 e. The van der Waals surface area contributed by atoms with Gasteiger partial charge < -0.3 is 0 Å². The number of nitrogens with zero attached hydrogens (tertiary/aromatic N) is 1. The van der Waals surface area contributed by atoms with E-state index in [0.29, 0.717) is 6.54 Å². The van der Waals surface area contributed by atoms with Crippen molar-refractivity contribution in [2.45, 2.75) is 12.7 Å². The number of nitro groups is 1. The smallest absolute Gasteiger partial charge is 0.262 e. The van der Waals surface area contributed by atoms with Crippen molar-refractivity contribution >= 4 is 17.0 Å². The van der Waals surface area contributed by atoms with Crippen molar-refractivity contribution in [1.29, 1.82) is 0 Å². The van der Waals surface area contributed by atoms with Crippen LogP contribution >= 0.6 is 17.0 Å². The number of hydrogen-bond acceptors (Lipinski definition) is 3. The highest BCUT2D eigenvalue weighted by atomic mass is 79.9. The van der Waals surface area contributed by atoms with Gasteiger partial charge in [-0.3, -0.25) is 10.1 Å². The van der Waals surface area contributed by atoms with Crippen molar-refractivity contribution in [3.8, 4) is 0 Å². The van der Waals surface area contributed by atoms with Crippen LogP contribution in [0.3, 0.4) is 0 Å². The van der Waals surface area contributed by atoms with Crippen molar-refractivity contribution in [3.05, 3.63) is 45.5 Å². The molecule has 70 valence electrons. The fraction of sp³-hybridized carbons (Fsp3) is 0.250. The molecule has 1 aliphatic rings. The topological polar surface area (TPSA) is 55.2 Å². The summed E-state index contributed by atoms with van der Waals surface area (Å²) in [5.41, 5.74) is 1.82. The van der Waals surface area contributed by atoms with Gasteiger partial charge in [0.1, 0.15) is 0 Å². The maximum Gasteiger partial charge on any atom is 0.292 e. The lowest BCUT2D eigenvalue weighted by Crippen LogP contribution is -2.20. The zero-order valence-electron chi connectivity index (χ0n) is 6.77. The van der Waals surface area contributed by atoms with E-state index in [9.17, 15) is 10.1 Å². The van der Waals surface area contributed by atoms with E-state index in [2.05, 4.69) is 5.32 Å². The fourth-order valence-corrected chi connectivity index (χ4v) is 1.47. The monoisotopic (exact) mass is 244 g/mol. The molecule has 0 spiro atoms. The first-order valence-corrected chi connectivity index (χ1v) is 3.74. The molecule has 1 aromatic carbocycles. The van der Waals surface area contributed by atoms with Crippen LogP contribution in [0, 0.1) is 10.1 Å². The van der Waals surface area contributed by atoms with E-state index in [4.69, 9.17) is 0 Å². The summed E-state index contributed by atoms with van der Waals surface area (Å²) in [5, 5.41) is 13.3. The van der Waals surface area contributed by atoms with Crippen LogP contribution in [0.2, 0.25) is 0 Å². The Morgan fingerprint density at radius 1 is 1.46 bits per heavy atom. The molecular weight excluding hydrogens is 236 g/mol. The highest BCUT2D eigenvalue weighted by molar-refractivity contribution is 8.93. The van der Waals surface area contributed by atoms with Gasteiger partial charge >= 0.3 is 0 Å². The molecule has 13 heavy (non-hydrogen) atoms. The van der Waals surface area contributed by atoms with Gasteiger partial charge in [0.05, 0.1) is 0 Å². The highest BCUT2D eigenvalue weighted by Crippen LogP contribution is 2.24. The lowest BCUT2D eigenvalue weighted by molar-refractivity contribution is -0.534. The van der Waals surface area contributed by atoms with Crippen LogP contribution in [-0.4, -0.2) is 4.92 Å². The van der Waals surface area contributed by atoms with Crippen LogP contribution in [0.5, 0.6) is 0 Å². The average molecular weight is 245 g/mol. The van der Waals surface area contributed by atoms with Crippen LogP contribution in [0.15, 0.2) is 24.3 Å². The third-order valence-electron chi connectivity index (χ3n) is 2.05. The predicted molar refractivity (Wildman–Crippen MR) is 53.3 cm³/mol. The van der Waals surface area contributed by atoms with Crippen molar-refractivity contribution in [1.82, 2.24) is 5.32 Å². The third-order valence-corrected chi connectivity index (χ3v) is 2.05. The Morgan fingerprint density at radius 3 is 2.85 bits per heavy atom. The lowest BCUT2D eigenvalue weighted by atomic mass is 10.1. The molecule has 1 atom stereocenters. The number of hydrogen-bond donors (Lipinski definition) is 1. The zero-order valence-corrected chi connectivity index (χ0v) is 8.48. The minimum absolute atomic E-state index is 0. The first kappa shape index (κ1) is 10.1. The molecule has 0 bridgehead atoms. The molecule has 0 aromatic heterocycles. The molecule has 0 radical (unpaired) electrons. The summed E-state index contributed by atoms with van der Waals surface area (Å²) >= 11 is 0. The third kappa shape index (κ3) is 1.71. The molecule has 1 aliphatic heterocycles. The van der Waals surface area contributed by atoms with Gasteiger partial charge in [0.25, 0.3) is 6.17 Å². The number of fused-ring (bicyclic) bond motifs is 1. The van der Waals surface area contributed by atoms with Crippen molar-refractivity contribution in [3.63, 3.8) is 0 Å². The number of halogens is 1. The van der Waals surface area contributed by atoms with E-state index < -0.39 is 6.17 Å². The van der Waals surface area contributed by atoms with Gasteiger partial charge in [-0.1, -0.05) is 24.3 Å². The zero-order chi connectivity index (χ0) is 8.55. The Balaban J connectivity index is 0.000000845. The predicted octanol–water partition coefficient (Wildman–Crippen LogP) is 1.64. The summed E-state index contributed by atoms with van der Waals surface area (Å²) < 4.78 is 0. The molecule has 1 N–H and O–H groups in total. The van der Waals surface area contributed by atoms with Crippen LogP contribution in [0.1, 0.15) is 17.3 Å². The molecule has 1 heterocycles. The van der Waals surface area contributed by atoms with E-state index in [1.807, 2.05) is 18.2 Å². The van der Waals surface area contributed by atoms with Crippen LogP contribution < -0.4 is 5.32 Å². The van der Waals surface area contributed by atoms with Gasteiger partial charge in [0.15, 0.2) is 0 Å². The Hall–Kier alpha value is -0.940. The standard InChI is InChI=1S/C8H8N2O2.BrH/c11-10(12)8-7-4-2-1-3-6(7)5-9-8;/h1-4,8-9H,5H2;1H. The van der Waals surface area contributed by atoms with Crippen LogP contribution in [0.4, 0.5) is 0 Å². The number of nitrogens with one attached hydrogen (secondary N) is 1. The number of rotatable bonds is 1. The van der Waals surface area contributed by atoms with Gasteiger partial charge in [-0.15, -0.1) is 17.0 Å². The normalized spacial score (nSPS) is 18.9. The summed E-state index contributed by atoms with van der Waals surface area (Å²) in [6, 6.07) is 7.42.